The highest BCUT2D eigenvalue weighted by atomic mass is 127. The zero-order valence-electron chi connectivity index (χ0n) is 4.49. The third-order valence-corrected chi connectivity index (χ3v) is 1.41. The van der Waals surface area contributed by atoms with Crippen molar-refractivity contribution in [2.24, 2.45) is 0 Å². The molecular formula is C2H5F2IO4S. The Balaban J connectivity index is 0. The quantitative estimate of drug-likeness (QED) is 0.411. The Labute approximate surface area is 73.0 Å². The highest BCUT2D eigenvalue weighted by Gasteiger charge is 2.36. The monoisotopic (exact) mass is 290 g/mol. The maximum absolute atomic E-state index is 11.5. The SMILES string of the molecule is O=S(=O)([O-])C(F)(F)CO.[IH2+]. The van der Waals surface area contributed by atoms with Crippen LogP contribution in [0.25, 0.3) is 0 Å². The van der Waals surface area contributed by atoms with Crippen LogP contribution in [0.15, 0.2) is 0 Å². The maximum Gasteiger partial charge on any atom is 0.356 e. The van der Waals surface area contributed by atoms with Gasteiger partial charge in [0.15, 0.2) is 10.1 Å². The van der Waals surface area contributed by atoms with Crippen molar-refractivity contribution in [1.29, 1.82) is 0 Å². The molecule has 0 radical (unpaired) electrons. The summed E-state index contributed by atoms with van der Waals surface area (Å²) >= 11 is 0. The Morgan fingerprint density at radius 2 is 1.80 bits per heavy atom. The molecular weight excluding hydrogens is 285 g/mol. The molecule has 64 valence electrons. The van der Waals surface area contributed by atoms with Crippen LogP contribution < -0.4 is 24.0 Å². The van der Waals surface area contributed by atoms with E-state index in [4.69, 9.17) is 5.11 Å². The second-order valence-corrected chi connectivity index (χ2v) is 2.76. The molecule has 0 aliphatic rings. The Morgan fingerprint density at radius 1 is 1.50 bits per heavy atom. The van der Waals surface area contributed by atoms with Crippen LogP contribution in [-0.4, -0.2) is 29.9 Å². The van der Waals surface area contributed by atoms with Crippen molar-refractivity contribution in [2.75, 3.05) is 6.61 Å². The van der Waals surface area contributed by atoms with Crippen LogP contribution in [0.2, 0.25) is 0 Å². The summed E-state index contributed by atoms with van der Waals surface area (Å²) in [5.74, 6) is 0. The van der Waals surface area contributed by atoms with Crippen LogP contribution >= 0.6 is 0 Å². The molecule has 0 aromatic heterocycles. The molecule has 0 rings (SSSR count). The van der Waals surface area contributed by atoms with Gasteiger partial charge in [-0.3, -0.25) is 0 Å². The van der Waals surface area contributed by atoms with E-state index in [9.17, 15) is 21.8 Å². The topological polar surface area (TPSA) is 77.4 Å². The highest BCUT2D eigenvalue weighted by molar-refractivity contribution is 7.86. The number of aliphatic hydroxyl groups is 1. The number of halogens is 3. The summed E-state index contributed by atoms with van der Waals surface area (Å²) in [6.45, 7) is -1.97. The molecule has 8 heteroatoms. The van der Waals surface area contributed by atoms with Gasteiger partial charge >= 0.3 is 5.25 Å². The van der Waals surface area contributed by atoms with E-state index in [1.165, 1.54) is 0 Å². The van der Waals surface area contributed by atoms with Crippen LogP contribution in [0.1, 0.15) is 0 Å². The first-order chi connectivity index (χ1) is 3.81. The van der Waals surface area contributed by atoms with Crippen LogP contribution in [0.5, 0.6) is 0 Å². The van der Waals surface area contributed by atoms with Gasteiger partial charge in [-0.15, -0.1) is 0 Å². The molecule has 0 saturated carbocycles. The predicted octanol–water partition coefficient (Wildman–Crippen LogP) is -4.41. The van der Waals surface area contributed by atoms with Gasteiger partial charge < -0.3 is 9.66 Å². The van der Waals surface area contributed by atoms with Gasteiger partial charge in [-0.25, -0.2) is 8.42 Å². The van der Waals surface area contributed by atoms with E-state index in [0.29, 0.717) is 0 Å². The van der Waals surface area contributed by atoms with Crippen molar-refractivity contribution in [1.82, 2.24) is 0 Å². The summed E-state index contributed by atoms with van der Waals surface area (Å²) in [5, 5.41) is 3.05. The van der Waals surface area contributed by atoms with Gasteiger partial charge in [0, 0.05) is 0 Å². The Morgan fingerprint density at radius 3 is 1.80 bits per heavy atom. The van der Waals surface area contributed by atoms with Crippen LogP contribution in [0, 0.1) is 0 Å². The summed E-state index contributed by atoms with van der Waals surface area (Å²) in [6.07, 6.45) is 0. The Hall–Kier alpha value is 0.460. The van der Waals surface area contributed by atoms with Crippen molar-refractivity contribution in [3.05, 3.63) is 0 Å². The first-order valence-corrected chi connectivity index (χ1v) is 3.16. The summed E-state index contributed by atoms with van der Waals surface area (Å²) < 4.78 is 51.3. The molecule has 0 atom stereocenters. The summed E-state index contributed by atoms with van der Waals surface area (Å²) in [6, 6.07) is 0. The molecule has 0 heterocycles. The number of rotatable bonds is 2. The van der Waals surface area contributed by atoms with Gasteiger partial charge in [0.25, 0.3) is 0 Å². The lowest BCUT2D eigenvalue weighted by Crippen LogP contribution is -3.00. The van der Waals surface area contributed by atoms with Gasteiger partial charge in [-0.05, 0) is 0 Å². The maximum atomic E-state index is 11.5. The number of hydrogen-bond acceptors (Lipinski definition) is 4. The minimum absolute atomic E-state index is 0. The average Bonchev–Trinajstić information content (AvgIpc) is 1.64. The second kappa shape index (κ2) is 3.74. The lowest BCUT2D eigenvalue weighted by Gasteiger charge is -2.16. The second-order valence-electron chi connectivity index (χ2n) is 1.25. The zero-order valence-corrected chi connectivity index (χ0v) is 7.86. The van der Waals surface area contributed by atoms with E-state index in [1.807, 2.05) is 0 Å². The van der Waals surface area contributed by atoms with E-state index in [-0.39, 0.29) is 24.0 Å². The molecule has 0 bridgehead atoms. The minimum atomic E-state index is -5.69. The molecule has 0 aliphatic heterocycles. The average molecular weight is 290 g/mol. The smallest absolute Gasteiger partial charge is 0.356 e. The van der Waals surface area contributed by atoms with Gasteiger partial charge in [-0.1, -0.05) is 0 Å². The van der Waals surface area contributed by atoms with E-state index >= 15 is 0 Å². The number of alkyl halides is 2. The van der Waals surface area contributed by atoms with Gasteiger partial charge in [0.05, 0.1) is 0 Å². The fraction of sp³-hybridized carbons (Fsp3) is 1.00. The number of aliphatic hydroxyl groups excluding tert-OH is 1. The molecule has 0 amide bonds. The standard InChI is InChI=1S/C2H4F2O4S.H2I/c3-2(4,1-5)9(6,7)8;/h5H,1H2,(H,6,7,8);1H2/q;+1/p-1. The molecule has 0 unspecified atom stereocenters. The third kappa shape index (κ3) is 3.03. The van der Waals surface area contributed by atoms with Crippen LogP contribution in [-0.2, 0) is 10.1 Å². The lowest BCUT2D eigenvalue weighted by atomic mass is 10.8. The van der Waals surface area contributed by atoms with Gasteiger partial charge in [0.1, 0.15) is 6.61 Å². The summed E-state index contributed by atoms with van der Waals surface area (Å²) in [4.78, 5) is 0. The van der Waals surface area contributed by atoms with Crippen molar-refractivity contribution in [3.8, 4) is 0 Å². The first kappa shape index (κ1) is 13.1. The minimum Gasteiger partial charge on any atom is -0.743 e. The lowest BCUT2D eigenvalue weighted by molar-refractivity contribution is -0.00000850. The van der Waals surface area contributed by atoms with E-state index < -0.39 is 22.0 Å². The highest BCUT2D eigenvalue weighted by Crippen LogP contribution is 2.18. The molecule has 0 spiro atoms. The molecule has 1 N–H and O–H groups in total. The molecule has 0 aliphatic carbocycles. The van der Waals surface area contributed by atoms with Crippen molar-refractivity contribution in [3.63, 3.8) is 0 Å². The predicted molar refractivity (Wildman–Crippen MR) is 24.5 cm³/mol. The van der Waals surface area contributed by atoms with E-state index in [0.717, 1.165) is 0 Å². The van der Waals surface area contributed by atoms with Gasteiger partial charge in [-0.2, -0.15) is 8.78 Å². The van der Waals surface area contributed by atoms with Crippen molar-refractivity contribution in [2.45, 2.75) is 5.25 Å². The van der Waals surface area contributed by atoms with E-state index in [2.05, 4.69) is 0 Å². The normalized spacial score (nSPS) is 12.4. The van der Waals surface area contributed by atoms with Gasteiger partial charge in [0.2, 0.25) is 24.0 Å². The molecule has 0 aromatic rings. The molecule has 0 saturated heterocycles. The number of hydrogen-bond donors (Lipinski definition) is 1. The Kier molecular flexibility index (Phi) is 4.89. The van der Waals surface area contributed by atoms with Crippen LogP contribution in [0.3, 0.4) is 0 Å². The zero-order chi connectivity index (χ0) is 7.71. The fourth-order valence-electron chi connectivity index (χ4n) is 0.0791. The molecule has 0 aromatic carbocycles. The molecule has 10 heavy (non-hydrogen) atoms. The Bertz CT molecular complexity index is 187. The van der Waals surface area contributed by atoms with Crippen LogP contribution in [0.4, 0.5) is 8.78 Å². The summed E-state index contributed by atoms with van der Waals surface area (Å²) in [7, 11) is -5.69. The fourth-order valence-corrected chi connectivity index (χ4v) is 0.237. The third-order valence-electron chi connectivity index (χ3n) is 0.550. The molecule has 0 fully saturated rings. The first-order valence-electron chi connectivity index (χ1n) is 1.75. The molecule has 4 nitrogen and oxygen atoms in total. The summed E-state index contributed by atoms with van der Waals surface area (Å²) in [5.41, 5.74) is 0. The van der Waals surface area contributed by atoms with Crippen molar-refractivity contribution < 1.29 is 50.8 Å². The van der Waals surface area contributed by atoms with Crippen molar-refractivity contribution >= 4 is 10.1 Å². The van der Waals surface area contributed by atoms with E-state index in [1.54, 1.807) is 0 Å². The largest absolute Gasteiger partial charge is 0.743 e.